The highest BCUT2D eigenvalue weighted by molar-refractivity contribution is 7.12. The summed E-state index contributed by atoms with van der Waals surface area (Å²) in [6.45, 7) is 6.38. The summed E-state index contributed by atoms with van der Waals surface area (Å²) in [6, 6.07) is 7.96. The Kier molecular flexibility index (Phi) is 4.90. The maximum atomic E-state index is 12.4. The first-order chi connectivity index (χ1) is 11.9. The number of amides is 1. The Labute approximate surface area is 151 Å². The van der Waals surface area contributed by atoms with Gasteiger partial charge in [-0.15, -0.1) is 11.3 Å². The molecule has 1 N–H and O–H groups in total. The average molecular weight is 355 g/mol. The van der Waals surface area contributed by atoms with E-state index in [2.05, 4.69) is 10.4 Å². The third-order valence-corrected chi connectivity index (χ3v) is 4.91. The second kappa shape index (κ2) is 7.11. The van der Waals surface area contributed by atoms with Gasteiger partial charge >= 0.3 is 0 Å². The van der Waals surface area contributed by atoms with Gasteiger partial charge in [-0.3, -0.25) is 9.48 Å². The maximum Gasteiger partial charge on any atom is 0.265 e. The van der Waals surface area contributed by atoms with E-state index in [1.807, 2.05) is 57.5 Å². The number of carbonyl (C=O) groups is 1. The summed E-state index contributed by atoms with van der Waals surface area (Å²) >= 11 is 1.41. The van der Waals surface area contributed by atoms with Crippen LogP contribution in [0.3, 0.4) is 0 Å². The summed E-state index contributed by atoms with van der Waals surface area (Å²) in [7, 11) is 1.83. The molecule has 0 fully saturated rings. The van der Waals surface area contributed by atoms with Crippen molar-refractivity contribution in [3.63, 3.8) is 0 Å². The predicted molar refractivity (Wildman–Crippen MR) is 100 cm³/mol. The molecule has 2 heterocycles. The second-order valence-electron chi connectivity index (χ2n) is 6.08. The number of nitrogens with one attached hydrogen (secondary N) is 1. The number of hydrogen-bond acceptors (Lipinski definition) is 4. The number of nitrogens with zero attached hydrogens (tertiary/aromatic N) is 2. The summed E-state index contributed by atoms with van der Waals surface area (Å²) in [5.41, 5.74) is 4.74. The van der Waals surface area contributed by atoms with Crippen LogP contribution in [0.25, 0.3) is 0 Å². The number of aromatic nitrogens is 2. The summed E-state index contributed by atoms with van der Waals surface area (Å²) in [5, 5.41) is 9.08. The van der Waals surface area contributed by atoms with Gasteiger partial charge in [0.15, 0.2) is 0 Å². The molecule has 0 aliphatic carbocycles. The van der Waals surface area contributed by atoms with Crippen LogP contribution in [0.4, 0.5) is 5.69 Å². The molecule has 5 nitrogen and oxygen atoms in total. The third-order valence-electron chi connectivity index (χ3n) is 3.93. The zero-order chi connectivity index (χ0) is 18.0. The number of thiophene rings is 1. The van der Waals surface area contributed by atoms with Crippen molar-refractivity contribution in [3.05, 3.63) is 63.1 Å². The normalized spacial score (nSPS) is 10.7. The van der Waals surface area contributed by atoms with Crippen molar-refractivity contribution in [2.24, 2.45) is 7.05 Å². The van der Waals surface area contributed by atoms with Crippen LogP contribution in [-0.4, -0.2) is 15.7 Å². The number of anilines is 1. The maximum absolute atomic E-state index is 12.4. The van der Waals surface area contributed by atoms with Crippen LogP contribution in [0.1, 0.15) is 32.1 Å². The zero-order valence-corrected chi connectivity index (χ0v) is 15.6. The first-order valence-electron chi connectivity index (χ1n) is 8.02. The molecular weight excluding hydrogens is 334 g/mol. The lowest BCUT2D eigenvalue weighted by molar-refractivity contribution is 0.103. The van der Waals surface area contributed by atoms with Gasteiger partial charge in [0.25, 0.3) is 5.91 Å². The molecule has 0 saturated carbocycles. The van der Waals surface area contributed by atoms with Crippen molar-refractivity contribution in [3.8, 4) is 5.75 Å². The molecule has 25 heavy (non-hydrogen) atoms. The Morgan fingerprint density at radius 2 is 2.00 bits per heavy atom. The van der Waals surface area contributed by atoms with Gasteiger partial charge in [-0.05, 0) is 43.3 Å². The summed E-state index contributed by atoms with van der Waals surface area (Å²) in [4.78, 5) is 13.0. The van der Waals surface area contributed by atoms with Crippen LogP contribution in [0.15, 0.2) is 35.8 Å². The number of ether oxygens (including phenoxy) is 1. The van der Waals surface area contributed by atoms with Crippen molar-refractivity contribution >= 4 is 22.9 Å². The Hall–Kier alpha value is -2.60. The van der Waals surface area contributed by atoms with Gasteiger partial charge in [0.1, 0.15) is 12.4 Å². The van der Waals surface area contributed by atoms with E-state index in [0.29, 0.717) is 11.5 Å². The number of hydrogen-bond donors (Lipinski definition) is 1. The molecular formula is C19H21N3O2S. The summed E-state index contributed by atoms with van der Waals surface area (Å²) in [6.07, 6.45) is 1.80. The highest BCUT2D eigenvalue weighted by Gasteiger charge is 2.13. The zero-order valence-electron chi connectivity index (χ0n) is 14.8. The number of rotatable bonds is 5. The lowest BCUT2D eigenvalue weighted by Gasteiger charge is -2.10. The lowest BCUT2D eigenvalue weighted by atomic mass is 10.1. The Morgan fingerprint density at radius 1 is 1.28 bits per heavy atom. The van der Waals surface area contributed by atoms with Crippen LogP contribution in [-0.2, 0) is 13.7 Å². The van der Waals surface area contributed by atoms with E-state index in [-0.39, 0.29) is 5.91 Å². The molecule has 0 aliphatic rings. The fraction of sp³-hybridized carbons (Fsp3) is 0.263. The van der Waals surface area contributed by atoms with Crippen molar-refractivity contribution in [1.29, 1.82) is 0 Å². The van der Waals surface area contributed by atoms with Crippen molar-refractivity contribution < 1.29 is 9.53 Å². The topological polar surface area (TPSA) is 56.1 Å². The fourth-order valence-electron chi connectivity index (χ4n) is 2.66. The predicted octanol–water partition coefficient (Wildman–Crippen LogP) is 4.24. The molecule has 130 valence electrons. The van der Waals surface area contributed by atoms with Crippen molar-refractivity contribution in [2.45, 2.75) is 27.4 Å². The summed E-state index contributed by atoms with van der Waals surface area (Å²) < 4.78 is 7.63. The van der Waals surface area contributed by atoms with Gasteiger partial charge in [0, 0.05) is 18.8 Å². The smallest absolute Gasteiger partial charge is 0.265 e. The molecule has 0 unspecified atom stereocenters. The van der Waals surface area contributed by atoms with E-state index in [9.17, 15) is 4.79 Å². The Morgan fingerprint density at radius 3 is 2.64 bits per heavy atom. The first kappa shape index (κ1) is 17.2. The van der Waals surface area contributed by atoms with Gasteiger partial charge in [-0.25, -0.2) is 0 Å². The highest BCUT2D eigenvalue weighted by Crippen LogP contribution is 2.25. The Bertz CT molecular complexity index is 891. The van der Waals surface area contributed by atoms with Crippen LogP contribution >= 0.6 is 11.3 Å². The van der Waals surface area contributed by atoms with Gasteiger partial charge in [0.2, 0.25) is 0 Å². The van der Waals surface area contributed by atoms with E-state index in [0.717, 1.165) is 33.8 Å². The van der Waals surface area contributed by atoms with Crippen LogP contribution in [0, 0.1) is 20.8 Å². The number of para-hydroxylation sites is 1. The lowest BCUT2D eigenvalue weighted by Crippen LogP contribution is -2.10. The summed E-state index contributed by atoms with van der Waals surface area (Å²) in [5.74, 6) is 0.783. The van der Waals surface area contributed by atoms with E-state index < -0.39 is 0 Å². The first-order valence-corrected chi connectivity index (χ1v) is 8.90. The minimum absolute atomic E-state index is 0.126. The van der Waals surface area contributed by atoms with Gasteiger partial charge in [-0.2, -0.15) is 5.10 Å². The molecule has 0 spiro atoms. The van der Waals surface area contributed by atoms with Gasteiger partial charge in [-0.1, -0.05) is 18.2 Å². The molecule has 1 aromatic carbocycles. The quantitative estimate of drug-likeness (QED) is 0.745. The largest absolute Gasteiger partial charge is 0.488 e. The van der Waals surface area contributed by atoms with Gasteiger partial charge in [0.05, 0.1) is 16.3 Å². The molecule has 2 aromatic heterocycles. The number of carbonyl (C=O) groups excluding carboxylic acids is 1. The van der Waals surface area contributed by atoms with Crippen LogP contribution < -0.4 is 10.1 Å². The molecule has 3 aromatic rings. The fourth-order valence-corrected chi connectivity index (χ4v) is 3.45. The second-order valence-corrected chi connectivity index (χ2v) is 7.00. The molecule has 3 rings (SSSR count). The Balaban J connectivity index is 1.66. The minimum Gasteiger partial charge on any atom is -0.488 e. The number of aryl methyl sites for hydroxylation is 4. The van der Waals surface area contributed by atoms with Crippen LogP contribution in [0.2, 0.25) is 0 Å². The molecule has 0 aliphatic heterocycles. The monoisotopic (exact) mass is 355 g/mol. The molecule has 0 bridgehead atoms. The number of benzene rings is 1. The van der Waals surface area contributed by atoms with E-state index >= 15 is 0 Å². The molecule has 0 saturated heterocycles. The molecule has 0 radical (unpaired) electrons. The SMILES string of the molecule is Cc1cccc(C)c1OCc1csc(C(=O)Nc2cn(C)nc2C)c1. The van der Waals surface area contributed by atoms with E-state index in [4.69, 9.17) is 4.74 Å². The molecule has 6 heteroatoms. The van der Waals surface area contributed by atoms with Crippen molar-refractivity contribution in [1.82, 2.24) is 9.78 Å². The standard InChI is InChI=1S/C19H21N3O2S/c1-12-6-5-7-13(2)18(12)24-10-15-8-17(25-11-15)19(23)20-16-9-22(4)21-14(16)3/h5-9,11H,10H2,1-4H3,(H,20,23). The van der Waals surface area contributed by atoms with E-state index in [1.165, 1.54) is 11.3 Å². The van der Waals surface area contributed by atoms with Gasteiger partial charge < -0.3 is 10.1 Å². The third kappa shape index (κ3) is 3.91. The molecule has 0 atom stereocenters. The van der Waals surface area contributed by atoms with Crippen LogP contribution in [0.5, 0.6) is 5.75 Å². The molecule has 1 amide bonds. The highest BCUT2D eigenvalue weighted by atomic mass is 32.1. The average Bonchev–Trinajstić information content (AvgIpc) is 3.14. The minimum atomic E-state index is -0.126. The van der Waals surface area contributed by atoms with E-state index in [1.54, 1.807) is 10.9 Å². The van der Waals surface area contributed by atoms with Crippen molar-refractivity contribution in [2.75, 3.05) is 5.32 Å².